The van der Waals surface area contributed by atoms with Gasteiger partial charge in [0.25, 0.3) is 0 Å². The van der Waals surface area contributed by atoms with Crippen LogP contribution in [-0.4, -0.2) is 42.7 Å². The van der Waals surface area contributed by atoms with E-state index in [1.807, 2.05) is 6.07 Å². The first-order valence-corrected chi connectivity index (χ1v) is 6.87. The third-order valence-electron chi connectivity index (χ3n) is 3.45. The second-order valence-electron chi connectivity index (χ2n) is 4.75. The molecule has 0 spiro atoms. The fourth-order valence-electron chi connectivity index (χ4n) is 2.42. The third kappa shape index (κ3) is 2.75. The maximum atomic E-state index is 9.64. The fourth-order valence-corrected chi connectivity index (χ4v) is 2.89. The van der Waals surface area contributed by atoms with E-state index in [1.54, 1.807) is 12.1 Å². The number of fused-ring (bicyclic) bond motifs is 1. The maximum absolute atomic E-state index is 9.64. The average molecular weight is 305 g/mol. The molecule has 0 bridgehead atoms. The molecule has 1 aromatic rings. The molecule has 2 fully saturated rings. The van der Waals surface area contributed by atoms with Crippen molar-refractivity contribution >= 4 is 23.2 Å². The lowest BCUT2D eigenvalue weighted by Gasteiger charge is -2.17. The quantitative estimate of drug-likeness (QED) is 0.928. The zero-order valence-corrected chi connectivity index (χ0v) is 11.6. The van der Waals surface area contributed by atoms with E-state index in [-0.39, 0.29) is 18.3 Å². The van der Waals surface area contributed by atoms with E-state index in [1.165, 1.54) is 0 Å². The minimum atomic E-state index is -0.558. The van der Waals surface area contributed by atoms with Crippen LogP contribution in [0.3, 0.4) is 0 Å². The van der Waals surface area contributed by atoms with Crippen LogP contribution in [0.1, 0.15) is 5.56 Å². The van der Waals surface area contributed by atoms with E-state index < -0.39 is 6.10 Å². The number of halogens is 2. The lowest BCUT2D eigenvalue weighted by atomic mass is 10.1. The summed E-state index contributed by atoms with van der Waals surface area (Å²) in [5, 5.41) is 10.8. The second-order valence-corrected chi connectivity index (χ2v) is 5.59. The van der Waals surface area contributed by atoms with Crippen LogP contribution in [-0.2, 0) is 20.8 Å². The van der Waals surface area contributed by atoms with Crippen LogP contribution in [0.2, 0.25) is 10.0 Å². The number of aliphatic hydroxyl groups excluding tert-OH is 1. The summed E-state index contributed by atoms with van der Waals surface area (Å²) in [7, 11) is 0. The van der Waals surface area contributed by atoms with Crippen LogP contribution in [0.4, 0.5) is 0 Å². The smallest absolute Gasteiger partial charge is 0.115 e. The summed E-state index contributed by atoms with van der Waals surface area (Å²) in [5.41, 5.74) is 0.869. The van der Waals surface area contributed by atoms with Crippen molar-refractivity contribution in [2.24, 2.45) is 0 Å². The topological polar surface area (TPSA) is 47.9 Å². The Morgan fingerprint density at radius 1 is 1.21 bits per heavy atom. The van der Waals surface area contributed by atoms with E-state index in [4.69, 9.17) is 37.4 Å². The Morgan fingerprint density at radius 3 is 2.79 bits per heavy atom. The second kappa shape index (κ2) is 5.56. The molecule has 2 saturated heterocycles. The van der Waals surface area contributed by atoms with Gasteiger partial charge >= 0.3 is 0 Å². The third-order valence-corrected chi connectivity index (χ3v) is 4.04. The summed E-state index contributed by atoms with van der Waals surface area (Å²) in [6.07, 6.45) is -1.20. The highest BCUT2D eigenvalue weighted by Crippen LogP contribution is 2.30. The number of hydrogen-bond donors (Lipinski definition) is 1. The molecule has 0 aliphatic carbocycles. The average Bonchev–Trinajstić information content (AvgIpc) is 2.93. The summed E-state index contributed by atoms with van der Waals surface area (Å²) in [4.78, 5) is 0. The van der Waals surface area contributed by atoms with Crippen molar-refractivity contribution in [1.82, 2.24) is 0 Å². The van der Waals surface area contributed by atoms with Gasteiger partial charge in [-0.25, -0.2) is 0 Å². The summed E-state index contributed by atoms with van der Waals surface area (Å²) in [6, 6.07) is 5.30. The molecule has 0 amide bonds. The molecule has 0 aromatic heterocycles. The summed E-state index contributed by atoms with van der Waals surface area (Å²) < 4.78 is 16.8. The Labute approximate surface area is 121 Å². The zero-order chi connectivity index (χ0) is 13.4. The minimum Gasteiger partial charge on any atom is -0.388 e. The molecule has 4 nitrogen and oxygen atoms in total. The fraction of sp³-hybridized carbons (Fsp3) is 0.538. The van der Waals surface area contributed by atoms with Crippen molar-refractivity contribution in [3.05, 3.63) is 33.8 Å². The van der Waals surface area contributed by atoms with Gasteiger partial charge in [0.1, 0.15) is 24.4 Å². The van der Waals surface area contributed by atoms with E-state index in [0.717, 1.165) is 5.56 Å². The van der Waals surface area contributed by atoms with Crippen LogP contribution in [0, 0.1) is 0 Å². The van der Waals surface area contributed by atoms with Gasteiger partial charge < -0.3 is 19.3 Å². The van der Waals surface area contributed by atoms with Gasteiger partial charge in [0.2, 0.25) is 0 Å². The van der Waals surface area contributed by atoms with Crippen molar-refractivity contribution in [2.45, 2.75) is 31.0 Å². The van der Waals surface area contributed by atoms with E-state index in [9.17, 15) is 5.11 Å². The lowest BCUT2D eigenvalue weighted by molar-refractivity contribution is -0.0439. The summed E-state index contributed by atoms with van der Waals surface area (Å²) in [6.45, 7) is 1.10. The SMILES string of the molecule is O[C@@H]1CO[C@H]2[C@@H]1OC[C@@H]2OCc1ccc(Cl)cc1Cl. The minimum absolute atomic E-state index is 0.172. The van der Waals surface area contributed by atoms with Gasteiger partial charge in [-0.15, -0.1) is 0 Å². The Kier molecular flexibility index (Phi) is 3.98. The molecular formula is C13H14Cl2O4. The first kappa shape index (κ1) is 13.6. The van der Waals surface area contributed by atoms with Crippen molar-refractivity contribution in [3.63, 3.8) is 0 Å². The highest BCUT2D eigenvalue weighted by molar-refractivity contribution is 6.35. The van der Waals surface area contributed by atoms with E-state index >= 15 is 0 Å². The van der Waals surface area contributed by atoms with E-state index in [2.05, 4.69) is 0 Å². The normalized spacial score (nSPS) is 33.6. The van der Waals surface area contributed by atoms with Gasteiger partial charge in [-0.1, -0.05) is 29.3 Å². The molecule has 2 aliphatic rings. The molecule has 0 saturated carbocycles. The molecule has 1 N–H and O–H groups in total. The van der Waals surface area contributed by atoms with Crippen LogP contribution >= 0.6 is 23.2 Å². The largest absolute Gasteiger partial charge is 0.388 e. The molecule has 3 rings (SSSR count). The molecule has 4 atom stereocenters. The number of aliphatic hydroxyl groups is 1. The predicted octanol–water partition coefficient (Wildman–Crippen LogP) is 2.04. The molecule has 0 unspecified atom stereocenters. The first-order chi connectivity index (χ1) is 9.15. The van der Waals surface area contributed by atoms with Crippen LogP contribution in [0.15, 0.2) is 18.2 Å². The highest BCUT2D eigenvalue weighted by atomic mass is 35.5. The predicted molar refractivity (Wildman–Crippen MR) is 70.5 cm³/mol. The Morgan fingerprint density at radius 2 is 2.00 bits per heavy atom. The van der Waals surface area contributed by atoms with E-state index in [0.29, 0.717) is 29.9 Å². The number of benzene rings is 1. The number of ether oxygens (including phenoxy) is 3. The van der Waals surface area contributed by atoms with Crippen LogP contribution < -0.4 is 0 Å². The number of hydrogen-bond acceptors (Lipinski definition) is 4. The Hall–Kier alpha value is -0.360. The molecule has 6 heteroatoms. The maximum Gasteiger partial charge on any atom is 0.115 e. The molecule has 2 aliphatic heterocycles. The first-order valence-electron chi connectivity index (χ1n) is 6.12. The lowest BCUT2D eigenvalue weighted by Crippen LogP contribution is -2.32. The molecule has 0 radical (unpaired) electrons. The molecule has 2 heterocycles. The molecule has 19 heavy (non-hydrogen) atoms. The van der Waals surface area contributed by atoms with Gasteiger partial charge in [-0.2, -0.15) is 0 Å². The number of rotatable bonds is 3. The van der Waals surface area contributed by atoms with Crippen molar-refractivity contribution in [3.8, 4) is 0 Å². The van der Waals surface area contributed by atoms with Crippen molar-refractivity contribution < 1.29 is 19.3 Å². The van der Waals surface area contributed by atoms with Crippen LogP contribution in [0.5, 0.6) is 0 Å². The Bertz CT molecular complexity index is 468. The monoisotopic (exact) mass is 304 g/mol. The van der Waals surface area contributed by atoms with Crippen LogP contribution in [0.25, 0.3) is 0 Å². The zero-order valence-electron chi connectivity index (χ0n) is 10.1. The molecule has 1 aromatic carbocycles. The summed E-state index contributed by atoms with van der Waals surface area (Å²) >= 11 is 11.9. The van der Waals surface area contributed by atoms with Gasteiger partial charge in [-0.3, -0.25) is 0 Å². The summed E-state index contributed by atoms with van der Waals surface area (Å²) in [5.74, 6) is 0. The van der Waals surface area contributed by atoms with Gasteiger partial charge in [-0.05, 0) is 17.7 Å². The van der Waals surface area contributed by atoms with Gasteiger partial charge in [0.15, 0.2) is 0 Å². The molecular weight excluding hydrogens is 291 g/mol. The molecule has 104 valence electrons. The highest BCUT2D eigenvalue weighted by Gasteiger charge is 2.47. The van der Waals surface area contributed by atoms with Crippen molar-refractivity contribution in [2.75, 3.05) is 13.2 Å². The Balaban J connectivity index is 1.61. The van der Waals surface area contributed by atoms with Gasteiger partial charge in [0.05, 0.1) is 19.8 Å². The van der Waals surface area contributed by atoms with Gasteiger partial charge in [0, 0.05) is 10.0 Å². The standard InChI is InChI=1S/C13H14Cl2O4/c14-8-2-1-7(9(15)3-8)4-17-11-6-19-12-10(16)5-18-13(11)12/h1-3,10-13,16H,4-6H2/t10-,11+,12-,13-/m1/s1. The van der Waals surface area contributed by atoms with Crippen molar-refractivity contribution in [1.29, 1.82) is 0 Å².